The van der Waals surface area contributed by atoms with Crippen molar-refractivity contribution < 1.29 is 14.3 Å². The largest absolute Gasteiger partial charge is 0.464 e. The van der Waals surface area contributed by atoms with E-state index in [1.54, 1.807) is 17.0 Å². The Bertz CT molecular complexity index is 877. The number of carbonyl (C=O) groups is 2. The quantitative estimate of drug-likeness (QED) is 0.865. The van der Waals surface area contributed by atoms with E-state index >= 15 is 0 Å². The maximum Gasteiger partial charge on any atom is 0.357 e. The van der Waals surface area contributed by atoms with Gasteiger partial charge in [-0.2, -0.15) is 5.26 Å². The summed E-state index contributed by atoms with van der Waals surface area (Å²) in [6, 6.07) is 9.32. The highest BCUT2D eigenvalue weighted by molar-refractivity contribution is 5.97. The fourth-order valence-corrected chi connectivity index (χ4v) is 3.12. The summed E-state index contributed by atoms with van der Waals surface area (Å²) in [5.41, 5.74) is 7.75. The Balaban J connectivity index is 2.02. The molecule has 1 fully saturated rings. The van der Waals surface area contributed by atoms with Crippen LogP contribution in [-0.4, -0.2) is 29.6 Å². The first kappa shape index (κ1) is 16.6. The number of hydrogen-bond acceptors (Lipinski definition) is 5. The van der Waals surface area contributed by atoms with Crippen LogP contribution in [0.15, 0.2) is 30.5 Å². The normalized spacial score (nSPS) is 16.8. The molecule has 2 N–H and O–H groups in total. The SMILES string of the molecule is COC(=O)c1c(N)c(C#N)cn1-c1ccc(N2C(=O)CCC2C)cc1. The molecular weight excluding hydrogens is 320 g/mol. The number of nitrogens with zero attached hydrogens (tertiary/aromatic N) is 3. The van der Waals surface area contributed by atoms with Gasteiger partial charge in [0.1, 0.15) is 6.07 Å². The van der Waals surface area contributed by atoms with Crippen LogP contribution in [0.5, 0.6) is 0 Å². The maximum absolute atomic E-state index is 12.0. The van der Waals surface area contributed by atoms with Crippen molar-refractivity contribution in [1.82, 2.24) is 4.57 Å². The Morgan fingerprint density at radius 2 is 1.96 bits per heavy atom. The first-order valence-corrected chi connectivity index (χ1v) is 7.89. The number of amides is 1. The van der Waals surface area contributed by atoms with E-state index in [-0.39, 0.29) is 28.9 Å². The van der Waals surface area contributed by atoms with Crippen LogP contribution in [-0.2, 0) is 9.53 Å². The van der Waals surface area contributed by atoms with Crippen LogP contribution in [0.3, 0.4) is 0 Å². The molecule has 1 atom stereocenters. The molecule has 0 bridgehead atoms. The molecule has 1 aromatic carbocycles. The van der Waals surface area contributed by atoms with Crippen LogP contribution in [0.4, 0.5) is 11.4 Å². The van der Waals surface area contributed by atoms with E-state index in [4.69, 9.17) is 15.7 Å². The van der Waals surface area contributed by atoms with Crippen molar-refractivity contribution in [2.75, 3.05) is 17.7 Å². The third-order valence-electron chi connectivity index (χ3n) is 4.44. The molecule has 128 valence electrons. The zero-order valence-electron chi connectivity index (χ0n) is 14.0. The number of nitrogen functional groups attached to an aromatic ring is 1. The second-order valence-corrected chi connectivity index (χ2v) is 5.95. The zero-order valence-corrected chi connectivity index (χ0v) is 14.0. The molecule has 1 amide bonds. The van der Waals surface area contributed by atoms with Crippen molar-refractivity contribution in [2.24, 2.45) is 0 Å². The van der Waals surface area contributed by atoms with Gasteiger partial charge in [0.2, 0.25) is 5.91 Å². The molecule has 1 saturated heterocycles. The van der Waals surface area contributed by atoms with Gasteiger partial charge in [-0.1, -0.05) is 0 Å². The number of nitrogens with two attached hydrogens (primary N) is 1. The molecule has 1 aromatic heterocycles. The molecule has 7 heteroatoms. The summed E-state index contributed by atoms with van der Waals surface area (Å²) < 4.78 is 6.29. The minimum Gasteiger partial charge on any atom is -0.464 e. The van der Waals surface area contributed by atoms with Gasteiger partial charge in [-0.15, -0.1) is 0 Å². The summed E-state index contributed by atoms with van der Waals surface area (Å²) in [5, 5.41) is 9.16. The smallest absolute Gasteiger partial charge is 0.357 e. The van der Waals surface area contributed by atoms with Gasteiger partial charge in [-0.05, 0) is 37.6 Å². The van der Waals surface area contributed by atoms with E-state index in [2.05, 4.69) is 0 Å². The summed E-state index contributed by atoms with van der Waals surface area (Å²) in [6.45, 7) is 2.01. The number of ether oxygens (including phenoxy) is 1. The van der Waals surface area contributed by atoms with E-state index in [0.717, 1.165) is 12.1 Å². The lowest BCUT2D eigenvalue weighted by Gasteiger charge is -2.22. The van der Waals surface area contributed by atoms with Crippen molar-refractivity contribution >= 4 is 23.3 Å². The molecule has 7 nitrogen and oxygen atoms in total. The standard InChI is InChI=1S/C18H18N4O3/c1-11-3-8-15(23)22(11)14-6-4-13(5-7-14)21-10-12(9-19)16(20)17(21)18(24)25-2/h4-7,10-11H,3,8,20H2,1-2H3. The van der Waals surface area contributed by atoms with Crippen LogP contribution in [0, 0.1) is 11.3 Å². The van der Waals surface area contributed by atoms with Gasteiger partial charge in [-0.3, -0.25) is 4.79 Å². The second-order valence-electron chi connectivity index (χ2n) is 5.95. The number of aromatic nitrogens is 1. The predicted molar refractivity (Wildman–Crippen MR) is 92.4 cm³/mol. The van der Waals surface area contributed by atoms with Crippen LogP contribution in [0.25, 0.3) is 5.69 Å². The van der Waals surface area contributed by atoms with Crippen LogP contribution in [0.1, 0.15) is 35.8 Å². The van der Waals surface area contributed by atoms with Crippen molar-refractivity contribution in [3.8, 4) is 11.8 Å². The molecule has 0 spiro atoms. The van der Waals surface area contributed by atoms with E-state index in [1.807, 2.05) is 25.1 Å². The number of rotatable bonds is 3. The summed E-state index contributed by atoms with van der Waals surface area (Å²) in [5.74, 6) is -0.515. The van der Waals surface area contributed by atoms with Crippen molar-refractivity contribution in [1.29, 1.82) is 5.26 Å². The Morgan fingerprint density at radius 1 is 1.32 bits per heavy atom. The third-order valence-corrected chi connectivity index (χ3v) is 4.44. The summed E-state index contributed by atoms with van der Waals surface area (Å²) in [7, 11) is 1.26. The van der Waals surface area contributed by atoms with Gasteiger partial charge in [0, 0.05) is 30.0 Å². The maximum atomic E-state index is 12.0. The number of nitriles is 1. The Labute approximate surface area is 145 Å². The Hall–Kier alpha value is -3.27. The average molecular weight is 338 g/mol. The molecule has 25 heavy (non-hydrogen) atoms. The fraction of sp³-hybridized carbons (Fsp3) is 0.278. The highest BCUT2D eigenvalue weighted by Gasteiger charge is 2.29. The van der Waals surface area contributed by atoms with E-state index in [0.29, 0.717) is 12.1 Å². The first-order valence-electron chi connectivity index (χ1n) is 7.89. The van der Waals surface area contributed by atoms with Gasteiger partial charge < -0.3 is 19.9 Å². The molecule has 1 aliphatic rings. The molecule has 3 rings (SSSR count). The highest BCUT2D eigenvalue weighted by atomic mass is 16.5. The minimum atomic E-state index is -0.619. The van der Waals surface area contributed by atoms with Gasteiger partial charge in [0.15, 0.2) is 5.69 Å². The highest BCUT2D eigenvalue weighted by Crippen LogP contribution is 2.29. The third kappa shape index (κ3) is 2.72. The molecule has 2 heterocycles. The lowest BCUT2D eigenvalue weighted by molar-refractivity contribution is -0.117. The molecule has 1 unspecified atom stereocenters. The van der Waals surface area contributed by atoms with Crippen molar-refractivity contribution in [3.63, 3.8) is 0 Å². The van der Waals surface area contributed by atoms with E-state index in [1.165, 1.54) is 17.9 Å². The second kappa shape index (κ2) is 6.32. The Morgan fingerprint density at radius 3 is 2.48 bits per heavy atom. The summed E-state index contributed by atoms with van der Waals surface area (Å²) in [6.07, 6.45) is 2.89. The summed E-state index contributed by atoms with van der Waals surface area (Å²) in [4.78, 5) is 25.8. The number of benzene rings is 1. The zero-order chi connectivity index (χ0) is 18.1. The number of esters is 1. The molecule has 2 aromatic rings. The number of hydrogen-bond donors (Lipinski definition) is 1. The lowest BCUT2D eigenvalue weighted by atomic mass is 10.2. The number of carbonyl (C=O) groups excluding carboxylic acids is 2. The molecule has 0 radical (unpaired) electrons. The average Bonchev–Trinajstić information content (AvgIpc) is 3.13. The van der Waals surface area contributed by atoms with E-state index in [9.17, 15) is 9.59 Å². The minimum absolute atomic E-state index is 0.0850. The number of anilines is 2. The molecule has 0 saturated carbocycles. The Kier molecular flexibility index (Phi) is 4.19. The van der Waals surface area contributed by atoms with Gasteiger partial charge in [0.05, 0.1) is 18.4 Å². The van der Waals surface area contributed by atoms with Crippen molar-refractivity contribution in [2.45, 2.75) is 25.8 Å². The molecule has 1 aliphatic heterocycles. The first-order chi connectivity index (χ1) is 12.0. The van der Waals surface area contributed by atoms with E-state index < -0.39 is 5.97 Å². The predicted octanol–water partition coefficient (Wildman–Crippen LogP) is 2.23. The monoisotopic (exact) mass is 338 g/mol. The van der Waals surface area contributed by atoms with Crippen LogP contribution >= 0.6 is 0 Å². The van der Waals surface area contributed by atoms with Crippen LogP contribution in [0.2, 0.25) is 0 Å². The van der Waals surface area contributed by atoms with Gasteiger partial charge >= 0.3 is 5.97 Å². The molecular formula is C18H18N4O3. The topological polar surface area (TPSA) is 101 Å². The van der Waals surface area contributed by atoms with Crippen LogP contribution < -0.4 is 10.6 Å². The number of methoxy groups -OCH3 is 1. The van der Waals surface area contributed by atoms with Crippen molar-refractivity contribution in [3.05, 3.63) is 41.7 Å². The molecule has 0 aliphatic carbocycles. The lowest BCUT2D eigenvalue weighted by Crippen LogP contribution is -2.30. The summed E-state index contributed by atoms with van der Waals surface area (Å²) >= 11 is 0. The van der Waals surface area contributed by atoms with Gasteiger partial charge in [-0.25, -0.2) is 4.79 Å². The fourth-order valence-electron chi connectivity index (χ4n) is 3.12. The van der Waals surface area contributed by atoms with Gasteiger partial charge in [0.25, 0.3) is 0 Å².